The maximum atomic E-state index is 6.54. The molecule has 4 aromatic carbocycles. The van der Waals surface area contributed by atoms with Gasteiger partial charge >= 0.3 is 41.5 Å². The minimum Gasteiger partial charge on any atom is -0.503 e. The second-order valence-electron chi connectivity index (χ2n) is 15.2. The van der Waals surface area contributed by atoms with E-state index in [0.717, 1.165) is 61.2 Å². The Morgan fingerprint density at radius 2 is 1.02 bits per heavy atom. The Labute approximate surface area is 368 Å². The summed E-state index contributed by atoms with van der Waals surface area (Å²) in [6.45, 7) is 16.9. The number of rotatable bonds is 10. The molecule has 0 spiro atoms. The Morgan fingerprint density at radius 1 is 0.534 bits per heavy atom. The average Bonchev–Trinajstić information content (AvgIpc) is 3.50. The first-order chi connectivity index (χ1) is 27.0. The average molecular weight is 1040 g/mol. The van der Waals surface area contributed by atoms with Gasteiger partial charge in [0.05, 0.1) is 11.9 Å². The van der Waals surface area contributed by atoms with E-state index in [1.165, 1.54) is 0 Å². The molecule has 0 saturated heterocycles. The quantitative estimate of drug-likeness (QED) is 0.0996. The van der Waals surface area contributed by atoms with Crippen LogP contribution in [-0.2, 0) is 41.5 Å². The fourth-order valence-corrected chi connectivity index (χ4v) is 6.58. The largest absolute Gasteiger partial charge is 2.00 e. The van der Waals surface area contributed by atoms with Gasteiger partial charge in [-0.05, 0) is 55.1 Å². The van der Waals surface area contributed by atoms with Crippen LogP contribution >= 0.6 is 0 Å². The second kappa shape index (κ2) is 17.8. The number of nitrogens with zero attached hydrogens (tertiary/aromatic N) is 6. The van der Waals surface area contributed by atoms with Gasteiger partial charge < -0.3 is 24.0 Å². The van der Waals surface area contributed by atoms with Gasteiger partial charge in [-0.1, -0.05) is 100 Å². The number of fused-ring (bicyclic) bond motifs is 3. The number of hydrogen-bond acceptors (Lipinski definition) is 7. The molecule has 0 bridgehead atoms. The van der Waals surface area contributed by atoms with Crippen molar-refractivity contribution in [1.29, 1.82) is 0 Å². The van der Waals surface area contributed by atoms with Crippen LogP contribution in [0.3, 0.4) is 0 Å². The Bertz CT molecular complexity index is 2570. The fraction of sp³-hybridized carbons (Fsp3) is 0.229. The second-order valence-corrected chi connectivity index (χ2v) is 15.2. The van der Waals surface area contributed by atoms with E-state index in [4.69, 9.17) is 14.5 Å². The number of benzene rings is 4. The summed E-state index contributed by atoms with van der Waals surface area (Å²) in [7, 11) is 0. The number of aromatic nitrogens is 6. The van der Waals surface area contributed by atoms with E-state index in [1.54, 1.807) is 6.20 Å². The molecule has 10 heteroatoms. The van der Waals surface area contributed by atoms with Crippen molar-refractivity contribution in [3.05, 3.63) is 144 Å². The van der Waals surface area contributed by atoms with Crippen LogP contribution in [0.5, 0.6) is 23.0 Å². The molecule has 296 valence electrons. The summed E-state index contributed by atoms with van der Waals surface area (Å²) in [6.07, 6.45) is 5.41. The van der Waals surface area contributed by atoms with Gasteiger partial charge in [-0.15, -0.1) is 68.8 Å². The summed E-state index contributed by atoms with van der Waals surface area (Å²) in [5.74, 6) is 3.29. The van der Waals surface area contributed by atoms with Crippen LogP contribution in [0.1, 0.15) is 87.2 Å². The topological polar surface area (TPSA) is 87.8 Å². The molecule has 0 amide bonds. The van der Waals surface area contributed by atoms with Gasteiger partial charge in [0.25, 0.3) is 5.95 Å². The third kappa shape index (κ3) is 8.98. The summed E-state index contributed by atoms with van der Waals surface area (Å²) >= 11 is 0. The summed E-state index contributed by atoms with van der Waals surface area (Å²) in [4.78, 5) is 14.0. The van der Waals surface area contributed by atoms with Crippen molar-refractivity contribution in [1.82, 2.24) is 29.7 Å². The first-order valence-corrected chi connectivity index (χ1v) is 19.0. The zero-order valence-electron chi connectivity index (χ0n) is 33.5. The van der Waals surface area contributed by atoms with Gasteiger partial charge in [0.1, 0.15) is 0 Å². The SMILES string of the molecule is Cc1ccnc(-c2[c-]c(Oc3[c-]c4c(cc3)c3ccc(Oc5[c-]c(-c6cc(C)ccn6)cc(C(C)C)c5)[c-]c3n4-c3ncc(C(C)C)nn3)cc(C(C)C)c2)c1.[Pd+2].[Pt+2]. The number of pyridine rings is 2. The van der Waals surface area contributed by atoms with Crippen LogP contribution in [-0.4, -0.2) is 29.7 Å². The molecule has 0 saturated carbocycles. The minimum atomic E-state index is 0. The molecule has 0 aliphatic carbocycles. The zero-order valence-corrected chi connectivity index (χ0v) is 37.4. The van der Waals surface area contributed by atoms with Crippen molar-refractivity contribution < 1.29 is 51.0 Å². The van der Waals surface area contributed by atoms with Crippen LogP contribution in [0.25, 0.3) is 50.3 Å². The van der Waals surface area contributed by atoms with Gasteiger partial charge in [-0.3, -0.25) is 0 Å². The van der Waals surface area contributed by atoms with E-state index in [1.807, 2.05) is 65.5 Å². The van der Waals surface area contributed by atoms with Crippen LogP contribution < -0.4 is 9.47 Å². The van der Waals surface area contributed by atoms with E-state index >= 15 is 0 Å². The molecule has 0 radical (unpaired) electrons. The van der Waals surface area contributed by atoms with Crippen molar-refractivity contribution in [3.63, 3.8) is 0 Å². The van der Waals surface area contributed by atoms with Crippen molar-refractivity contribution in [2.75, 3.05) is 0 Å². The van der Waals surface area contributed by atoms with Crippen LogP contribution in [0, 0.1) is 38.1 Å². The molecule has 4 heterocycles. The summed E-state index contributed by atoms with van der Waals surface area (Å²) in [5, 5.41) is 11.0. The zero-order chi connectivity index (χ0) is 39.1. The van der Waals surface area contributed by atoms with E-state index < -0.39 is 0 Å². The van der Waals surface area contributed by atoms with E-state index in [0.29, 0.717) is 40.0 Å². The fourth-order valence-electron chi connectivity index (χ4n) is 6.58. The molecule has 0 fully saturated rings. The smallest absolute Gasteiger partial charge is 0.503 e. The molecule has 0 atom stereocenters. The number of hydrogen-bond donors (Lipinski definition) is 0. The predicted molar refractivity (Wildman–Crippen MR) is 221 cm³/mol. The first-order valence-electron chi connectivity index (χ1n) is 19.0. The summed E-state index contributed by atoms with van der Waals surface area (Å²) < 4.78 is 15.0. The van der Waals surface area contributed by atoms with Gasteiger partial charge in [0, 0.05) is 35.4 Å². The minimum absolute atomic E-state index is 0. The van der Waals surface area contributed by atoms with Crippen molar-refractivity contribution >= 4 is 21.8 Å². The monoisotopic (exact) mass is 1040 g/mol. The van der Waals surface area contributed by atoms with Gasteiger partial charge in [0.15, 0.2) is 0 Å². The standard InChI is InChI=1S/C48H42N6O2.Pd.Pt/c1-28(2)33-19-35(43-17-31(7)13-15-49-43)23-39(21-33)55-37-9-11-41-42-12-10-38(26-47(42)54(46(41)25-37)48-51-27-45(30(5)6)52-53-48)56-40-22-34(29(3)4)20-36(24-40)44-18-32(8)14-16-50-44;;/h9-22,27-30H,1-8H3;;/q-4;2*+2. The molecule has 0 N–H and O–H groups in total. The Kier molecular flexibility index (Phi) is 13.1. The molecule has 0 unspecified atom stereocenters. The maximum absolute atomic E-state index is 6.54. The van der Waals surface area contributed by atoms with E-state index in [-0.39, 0.29) is 59.2 Å². The van der Waals surface area contributed by atoms with Gasteiger partial charge in [-0.25, -0.2) is 4.98 Å². The van der Waals surface area contributed by atoms with E-state index in [2.05, 4.69) is 124 Å². The molecular formula is C48H42N6O2PdPt. The van der Waals surface area contributed by atoms with Crippen LogP contribution in [0.4, 0.5) is 0 Å². The molecule has 8 aromatic rings. The Balaban J connectivity index is 0.00000283. The molecule has 0 aliphatic rings. The third-order valence-corrected chi connectivity index (χ3v) is 9.78. The molecular weight excluding hydrogens is 994 g/mol. The third-order valence-electron chi connectivity index (χ3n) is 9.78. The first kappa shape index (κ1) is 42.5. The van der Waals surface area contributed by atoms with Gasteiger partial charge in [-0.2, -0.15) is 22.9 Å². The number of ether oxygens (including phenoxy) is 2. The Hall–Kier alpha value is -5.06. The molecule has 8 rings (SSSR count). The Morgan fingerprint density at radius 3 is 1.41 bits per heavy atom. The summed E-state index contributed by atoms with van der Waals surface area (Å²) in [6, 6.07) is 38.3. The van der Waals surface area contributed by atoms with Gasteiger partial charge in [0.2, 0.25) is 0 Å². The van der Waals surface area contributed by atoms with Crippen molar-refractivity contribution in [2.45, 2.75) is 73.1 Å². The van der Waals surface area contributed by atoms with Crippen molar-refractivity contribution in [3.8, 4) is 51.5 Å². The molecule has 58 heavy (non-hydrogen) atoms. The summed E-state index contributed by atoms with van der Waals surface area (Å²) in [5.41, 5.74) is 10.2. The molecule has 4 aromatic heterocycles. The van der Waals surface area contributed by atoms with E-state index in [9.17, 15) is 0 Å². The predicted octanol–water partition coefficient (Wildman–Crippen LogP) is 11.9. The van der Waals surface area contributed by atoms with Crippen molar-refractivity contribution in [2.24, 2.45) is 0 Å². The van der Waals surface area contributed by atoms with Crippen LogP contribution in [0.15, 0.2) is 91.4 Å². The maximum Gasteiger partial charge on any atom is 2.00 e. The molecule has 8 nitrogen and oxygen atoms in total. The molecule has 0 aliphatic heterocycles. The van der Waals surface area contributed by atoms with Crippen LogP contribution in [0.2, 0.25) is 0 Å². The normalized spacial score (nSPS) is 11.3. The number of aryl methyl sites for hydroxylation is 2.